The second-order valence-corrected chi connectivity index (χ2v) is 7.29. The van der Waals surface area contributed by atoms with Crippen LogP contribution in [0.15, 0.2) is 53.6 Å². The zero-order chi connectivity index (χ0) is 19.2. The third kappa shape index (κ3) is 2.36. The normalized spacial score (nSPS) is 28.5. The monoisotopic (exact) mass is 352 g/mol. The Morgan fingerprint density at radius 1 is 1.27 bits per heavy atom. The minimum Gasteiger partial charge on any atom is -0.504 e. The molecule has 2 aliphatic rings. The Bertz CT molecular complexity index is 874. The first kappa shape index (κ1) is 18.2. The molecule has 0 aromatic heterocycles. The minimum atomic E-state index is -0.888. The van der Waals surface area contributed by atoms with Crippen molar-refractivity contribution < 1.29 is 19.4 Å². The van der Waals surface area contributed by atoms with Gasteiger partial charge in [0.1, 0.15) is 0 Å². The summed E-state index contributed by atoms with van der Waals surface area (Å²) in [7, 11) is 1.49. The molecular formula is C22H24O4. The van der Waals surface area contributed by atoms with Crippen LogP contribution in [0.4, 0.5) is 0 Å². The van der Waals surface area contributed by atoms with Crippen LogP contribution in [0.1, 0.15) is 38.7 Å². The summed E-state index contributed by atoms with van der Waals surface area (Å²) in [5.41, 5.74) is 1.96. The Labute approximate surface area is 153 Å². The summed E-state index contributed by atoms with van der Waals surface area (Å²) in [6.45, 7) is 9.26. The number of fused-ring (bicyclic) bond motifs is 1. The molecule has 3 atom stereocenters. The number of carbonyl (C=O) groups excluding carboxylic acids is 2. The molecule has 0 aliphatic heterocycles. The van der Waals surface area contributed by atoms with Crippen LogP contribution in [-0.4, -0.2) is 23.8 Å². The molecule has 136 valence electrons. The average Bonchev–Trinajstić information content (AvgIpc) is 2.64. The molecule has 0 fully saturated rings. The second-order valence-electron chi connectivity index (χ2n) is 7.29. The van der Waals surface area contributed by atoms with Crippen LogP contribution < -0.4 is 4.74 Å². The van der Waals surface area contributed by atoms with E-state index in [1.165, 1.54) is 7.11 Å². The molecule has 0 saturated heterocycles. The minimum absolute atomic E-state index is 0.00379. The molecule has 0 unspecified atom stereocenters. The van der Waals surface area contributed by atoms with E-state index in [2.05, 4.69) is 6.58 Å². The van der Waals surface area contributed by atoms with Gasteiger partial charge in [0.15, 0.2) is 23.1 Å². The van der Waals surface area contributed by atoms with Crippen molar-refractivity contribution in [2.24, 2.45) is 11.3 Å². The maximum Gasteiger partial charge on any atom is 0.166 e. The van der Waals surface area contributed by atoms with Crippen LogP contribution in [0.5, 0.6) is 11.5 Å². The Morgan fingerprint density at radius 3 is 2.58 bits per heavy atom. The lowest BCUT2D eigenvalue weighted by molar-refractivity contribution is -0.138. The van der Waals surface area contributed by atoms with Crippen molar-refractivity contribution in [1.29, 1.82) is 0 Å². The third-order valence-corrected chi connectivity index (χ3v) is 6.10. The number of phenolic OH excluding ortho intramolecular Hbond substituents is 1. The second kappa shape index (κ2) is 6.27. The number of hydrogen-bond donors (Lipinski definition) is 1. The van der Waals surface area contributed by atoms with E-state index in [4.69, 9.17) is 4.74 Å². The smallest absolute Gasteiger partial charge is 0.166 e. The van der Waals surface area contributed by atoms with Crippen molar-refractivity contribution in [3.8, 4) is 11.5 Å². The van der Waals surface area contributed by atoms with E-state index >= 15 is 0 Å². The van der Waals surface area contributed by atoms with E-state index in [0.29, 0.717) is 23.3 Å². The van der Waals surface area contributed by atoms with E-state index in [-0.39, 0.29) is 23.2 Å². The zero-order valence-electron chi connectivity index (χ0n) is 15.6. The number of methoxy groups -OCH3 is 1. The van der Waals surface area contributed by atoms with Gasteiger partial charge >= 0.3 is 0 Å². The largest absolute Gasteiger partial charge is 0.504 e. The number of phenols is 1. The molecule has 4 heteroatoms. The lowest BCUT2D eigenvalue weighted by atomic mass is 9.52. The number of carbonyl (C=O) groups is 2. The molecule has 2 aliphatic carbocycles. The fraction of sp³-hybridized carbons (Fsp3) is 0.364. The van der Waals surface area contributed by atoms with Gasteiger partial charge in [-0.1, -0.05) is 31.7 Å². The van der Waals surface area contributed by atoms with Crippen molar-refractivity contribution in [3.05, 3.63) is 59.2 Å². The first-order valence-electron chi connectivity index (χ1n) is 8.73. The highest BCUT2D eigenvalue weighted by Crippen LogP contribution is 2.56. The first-order valence-corrected chi connectivity index (χ1v) is 8.73. The molecule has 26 heavy (non-hydrogen) atoms. The Hall–Kier alpha value is -2.62. The number of hydrogen-bond acceptors (Lipinski definition) is 4. The van der Waals surface area contributed by atoms with E-state index < -0.39 is 11.3 Å². The van der Waals surface area contributed by atoms with Crippen LogP contribution >= 0.6 is 0 Å². The van der Waals surface area contributed by atoms with E-state index in [0.717, 1.165) is 11.1 Å². The number of rotatable bonds is 3. The van der Waals surface area contributed by atoms with Gasteiger partial charge in [0.05, 0.1) is 12.5 Å². The summed E-state index contributed by atoms with van der Waals surface area (Å²) in [6.07, 6.45) is 4.28. The van der Waals surface area contributed by atoms with E-state index in [1.807, 2.05) is 13.0 Å². The molecular weight excluding hydrogens is 328 g/mol. The summed E-state index contributed by atoms with van der Waals surface area (Å²) in [6, 6.07) is 5.08. The molecule has 3 rings (SSSR count). The molecule has 1 aromatic carbocycles. The molecule has 0 heterocycles. The molecule has 0 radical (unpaired) electrons. The fourth-order valence-electron chi connectivity index (χ4n) is 4.47. The zero-order valence-corrected chi connectivity index (χ0v) is 15.6. The summed E-state index contributed by atoms with van der Waals surface area (Å²) in [5, 5.41) is 9.94. The number of benzene rings is 1. The van der Waals surface area contributed by atoms with Gasteiger partial charge in [-0.3, -0.25) is 9.59 Å². The molecule has 0 bridgehead atoms. The molecule has 1 aromatic rings. The Balaban J connectivity index is 2.26. The predicted octanol–water partition coefficient (Wildman–Crippen LogP) is 4.11. The summed E-state index contributed by atoms with van der Waals surface area (Å²) in [5.74, 6) is -0.297. The number of ketones is 2. The number of aromatic hydroxyl groups is 1. The molecule has 0 amide bonds. The summed E-state index contributed by atoms with van der Waals surface area (Å²) >= 11 is 0. The SMILES string of the molecule is C=CC1=CC[C@H]2C(=O)C(C)=C(C)C(=O)[C@@]2(C)[C@H]1c1ccc(O)c(OC)c1. The predicted molar refractivity (Wildman–Crippen MR) is 100 cm³/mol. The van der Waals surface area contributed by atoms with Gasteiger partial charge in [-0.15, -0.1) is 0 Å². The standard InChI is InChI=1S/C22H24O4/c1-6-14-7-9-16-20(24)12(2)13(3)21(25)22(16,4)19(14)15-8-10-17(23)18(11-15)26-5/h6-8,10-11,16,19,23H,1,9H2,2-5H3/t16-,19+,22+/m0/s1. The Morgan fingerprint density at radius 2 is 1.96 bits per heavy atom. The highest BCUT2D eigenvalue weighted by molar-refractivity contribution is 6.15. The van der Waals surface area contributed by atoms with Gasteiger partial charge in [-0.2, -0.15) is 0 Å². The van der Waals surface area contributed by atoms with Gasteiger partial charge < -0.3 is 9.84 Å². The molecule has 0 spiro atoms. The van der Waals surface area contributed by atoms with Crippen LogP contribution in [-0.2, 0) is 9.59 Å². The summed E-state index contributed by atoms with van der Waals surface area (Å²) < 4.78 is 5.24. The van der Waals surface area contributed by atoms with Gasteiger partial charge in [0, 0.05) is 11.8 Å². The lowest BCUT2D eigenvalue weighted by Gasteiger charge is -2.48. The topological polar surface area (TPSA) is 63.6 Å². The van der Waals surface area contributed by atoms with Crippen LogP contribution in [0.2, 0.25) is 0 Å². The van der Waals surface area contributed by atoms with Crippen molar-refractivity contribution in [2.75, 3.05) is 7.11 Å². The maximum atomic E-state index is 13.4. The lowest BCUT2D eigenvalue weighted by Crippen LogP contribution is -2.50. The first-order chi connectivity index (χ1) is 12.3. The van der Waals surface area contributed by atoms with Gasteiger partial charge in [-0.05, 0) is 54.7 Å². The maximum absolute atomic E-state index is 13.4. The third-order valence-electron chi connectivity index (χ3n) is 6.10. The van der Waals surface area contributed by atoms with E-state index in [1.54, 1.807) is 38.1 Å². The average molecular weight is 352 g/mol. The van der Waals surface area contributed by atoms with Crippen molar-refractivity contribution in [1.82, 2.24) is 0 Å². The van der Waals surface area contributed by atoms with Gasteiger partial charge in [0.25, 0.3) is 0 Å². The number of Topliss-reactive ketones (excluding diaryl/α,β-unsaturated/α-hetero) is 2. The van der Waals surface area contributed by atoms with Gasteiger partial charge in [0.2, 0.25) is 0 Å². The van der Waals surface area contributed by atoms with E-state index in [9.17, 15) is 14.7 Å². The Kier molecular flexibility index (Phi) is 4.39. The highest BCUT2D eigenvalue weighted by Gasteiger charge is 2.56. The van der Waals surface area contributed by atoms with Crippen LogP contribution in [0.3, 0.4) is 0 Å². The number of allylic oxidation sites excluding steroid dienone is 5. The van der Waals surface area contributed by atoms with Gasteiger partial charge in [-0.25, -0.2) is 0 Å². The molecule has 1 N–H and O–H groups in total. The highest BCUT2D eigenvalue weighted by atomic mass is 16.5. The molecule has 4 nitrogen and oxygen atoms in total. The van der Waals surface area contributed by atoms with Crippen molar-refractivity contribution in [3.63, 3.8) is 0 Å². The molecule has 0 saturated carbocycles. The van der Waals surface area contributed by atoms with Crippen molar-refractivity contribution >= 4 is 11.6 Å². The quantitative estimate of drug-likeness (QED) is 0.889. The summed E-state index contributed by atoms with van der Waals surface area (Å²) in [4.78, 5) is 26.3. The van der Waals surface area contributed by atoms with Crippen LogP contribution in [0.25, 0.3) is 0 Å². The number of ether oxygens (including phenoxy) is 1. The fourth-order valence-corrected chi connectivity index (χ4v) is 4.47. The van der Waals surface area contributed by atoms with Crippen molar-refractivity contribution in [2.45, 2.75) is 33.1 Å². The van der Waals surface area contributed by atoms with Crippen LogP contribution in [0, 0.1) is 11.3 Å².